The molecule has 4 nitrogen and oxygen atoms in total. The van der Waals surface area contributed by atoms with Gasteiger partial charge in [0.1, 0.15) is 5.75 Å². The Bertz CT molecular complexity index is 761. The number of rotatable bonds is 5. The number of carbonyl (C=O) groups is 1. The van der Waals surface area contributed by atoms with E-state index >= 15 is 0 Å². The topological polar surface area (TPSA) is 50.4 Å². The Labute approximate surface area is 157 Å². The zero-order valence-corrected chi connectivity index (χ0v) is 16.6. The van der Waals surface area contributed by atoms with Gasteiger partial charge in [-0.05, 0) is 41.5 Å². The molecule has 0 atom stereocenters. The van der Waals surface area contributed by atoms with Crippen molar-refractivity contribution < 1.29 is 9.53 Å². The van der Waals surface area contributed by atoms with E-state index in [1.165, 1.54) is 5.56 Å². The second-order valence-electron chi connectivity index (χ2n) is 7.91. The maximum absolute atomic E-state index is 12.2. The van der Waals surface area contributed by atoms with Crippen LogP contribution in [0.25, 0.3) is 0 Å². The van der Waals surface area contributed by atoms with Crippen LogP contribution in [0.3, 0.4) is 0 Å². The van der Waals surface area contributed by atoms with Crippen LogP contribution in [0, 0.1) is 6.92 Å². The maximum Gasteiger partial charge on any atom is 0.321 e. The molecule has 0 fully saturated rings. The molecule has 0 aromatic heterocycles. The average molecular weight is 354 g/mol. The minimum Gasteiger partial charge on any atom is -0.473 e. The van der Waals surface area contributed by atoms with Gasteiger partial charge in [0.05, 0.1) is 0 Å². The first kappa shape index (κ1) is 19.8. The smallest absolute Gasteiger partial charge is 0.321 e. The number of hydrogen-bond acceptors (Lipinski definition) is 2. The number of nitrogens with one attached hydrogen (secondary N) is 2. The number of amides is 2. The molecular weight excluding hydrogens is 324 g/mol. The van der Waals surface area contributed by atoms with Crippen molar-refractivity contribution >= 4 is 11.7 Å². The Balaban J connectivity index is 1.98. The van der Waals surface area contributed by atoms with Gasteiger partial charge >= 0.3 is 6.03 Å². The van der Waals surface area contributed by atoms with E-state index in [-0.39, 0.29) is 18.2 Å². The number of para-hydroxylation sites is 1. The largest absolute Gasteiger partial charge is 0.473 e. The maximum atomic E-state index is 12.2. The summed E-state index contributed by atoms with van der Waals surface area (Å²) in [7, 11) is 0. The second kappa shape index (κ2) is 8.26. The predicted molar refractivity (Wildman–Crippen MR) is 108 cm³/mol. The number of urea groups is 1. The Morgan fingerprint density at radius 3 is 2.46 bits per heavy atom. The average Bonchev–Trinajstić information content (AvgIpc) is 2.55. The summed E-state index contributed by atoms with van der Waals surface area (Å²) in [6, 6.07) is 13.7. The highest BCUT2D eigenvalue weighted by Gasteiger charge is 2.19. The van der Waals surface area contributed by atoms with E-state index in [2.05, 4.69) is 58.2 Å². The second-order valence-corrected chi connectivity index (χ2v) is 7.91. The number of aryl methyl sites for hydroxylation is 1. The third-order valence-electron chi connectivity index (χ3n) is 4.23. The van der Waals surface area contributed by atoms with Gasteiger partial charge in [0.15, 0.2) is 6.73 Å². The van der Waals surface area contributed by atoms with Crippen molar-refractivity contribution in [1.82, 2.24) is 5.32 Å². The molecule has 0 bridgehead atoms. The zero-order valence-electron chi connectivity index (χ0n) is 16.6. The molecule has 0 spiro atoms. The first-order chi connectivity index (χ1) is 12.2. The molecule has 4 heteroatoms. The quantitative estimate of drug-likeness (QED) is 0.689. The molecule has 2 rings (SSSR count). The van der Waals surface area contributed by atoms with Crippen LogP contribution in [0.2, 0.25) is 0 Å². The summed E-state index contributed by atoms with van der Waals surface area (Å²) in [5, 5.41) is 5.67. The first-order valence-electron chi connectivity index (χ1n) is 9.06. The standard InChI is InChI=1S/C22H30N2O2/c1-15(2)17-9-7-8-10-19(17)24-21(25)23-14-26-20-12-11-16(3)13-18(20)22(4,5)6/h7-13,15H,14H2,1-6H3,(H2,23,24,25). The van der Waals surface area contributed by atoms with Gasteiger partial charge in [0.25, 0.3) is 0 Å². The molecule has 26 heavy (non-hydrogen) atoms. The Hall–Kier alpha value is -2.49. The molecule has 2 aromatic rings. The third kappa shape index (κ3) is 5.25. The van der Waals surface area contributed by atoms with Crippen LogP contribution in [0.1, 0.15) is 57.2 Å². The molecule has 0 aliphatic rings. The summed E-state index contributed by atoms with van der Waals surface area (Å²) in [5.74, 6) is 1.13. The molecule has 0 aliphatic heterocycles. The van der Waals surface area contributed by atoms with Crippen LogP contribution >= 0.6 is 0 Å². The number of benzene rings is 2. The molecule has 2 aromatic carbocycles. The number of anilines is 1. The van der Waals surface area contributed by atoms with E-state index < -0.39 is 0 Å². The van der Waals surface area contributed by atoms with Crippen molar-refractivity contribution in [3.8, 4) is 5.75 Å². The number of ether oxygens (including phenoxy) is 1. The zero-order chi connectivity index (χ0) is 19.3. The molecule has 140 valence electrons. The molecule has 0 heterocycles. The fourth-order valence-corrected chi connectivity index (χ4v) is 2.82. The van der Waals surface area contributed by atoms with Crippen LogP contribution in [-0.4, -0.2) is 12.8 Å². The van der Waals surface area contributed by atoms with E-state index in [1.54, 1.807) is 0 Å². The minimum absolute atomic E-state index is 0.0280. The van der Waals surface area contributed by atoms with Gasteiger partial charge < -0.3 is 15.4 Å². The van der Waals surface area contributed by atoms with Crippen LogP contribution in [0.4, 0.5) is 10.5 Å². The lowest BCUT2D eigenvalue weighted by Crippen LogP contribution is -2.32. The molecule has 2 amide bonds. The highest BCUT2D eigenvalue weighted by molar-refractivity contribution is 5.90. The Morgan fingerprint density at radius 1 is 1.12 bits per heavy atom. The van der Waals surface area contributed by atoms with Crippen LogP contribution in [-0.2, 0) is 5.41 Å². The molecule has 2 N–H and O–H groups in total. The predicted octanol–water partition coefficient (Wildman–Crippen LogP) is 5.57. The highest BCUT2D eigenvalue weighted by atomic mass is 16.5. The van der Waals surface area contributed by atoms with Gasteiger partial charge in [-0.3, -0.25) is 0 Å². The van der Waals surface area contributed by atoms with Gasteiger partial charge in [-0.1, -0.05) is 70.5 Å². The van der Waals surface area contributed by atoms with Crippen molar-refractivity contribution in [1.29, 1.82) is 0 Å². The summed E-state index contributed by atoms with van der Waals surface area (Å²) in [4.78, 5) is 12.2. The lowest BCUT2D eigenvalue weighted by Gasteiger charge is -2.23. The lowest BCUT2D eigenvalue weighted by molar-refractivity contribution is 0.233. The normalized spacial score (nSPS) is 11.3. The van der Waals surface area contributed by atoms with Gasteiger partial charge in [-0.25, -0.2) is 4.79 Å². The summed E-state index contributed by atoms with van der Waals surface area (Å²) < 4.78 is 5.83. The number of carbonyl (C=O) groups excluding carboxylic acids is 1. The molecule has 0 saturated heterocycles. The molecule has 0 saturated carbocycles. The summed E-state index contributed by atoms with van der Waals surface area (Å²) >= 11 is 0. The fourth-order valence-electron chi connectivity index (χ4n) is 2.82. The Morgan fingerprint density at radius 2 is 1.81 bits per heavy atom. The fraction of sp³-hybridized carbons (Fsp3) is 0.409. The van der Waals surface area contributed by atoms with Gasteiger partial charge in [0, 0.05) is 5.69 Å². The van der Waals surface area contributed by atoms with Crippen molar-refractivity contribution in [2.45, 2.75) is 52.9 Å². The number of hydrogen-bond donors (Lipinski definition) is 2. The highest BCUT2D eigenvalue weighted by Crippen LogP contribution is 2.32. The minimum atomic E-state index is -0.275. The van der Waals surface area contributed by atoms with Crippen molar-refractivity contribution in [3.05, 3.63) is 59.2 Å². The first-order valence-corrected chi connectivity index (χ1v) is 9.06. The van der Waals surface area contributed by atoms with Gasteiger partial charge in [-0.2, -0.15) is 0 Å². The monoisotopic (exact) mass is 354 g/mol. The van der Waals surface area contributed by atoms with Crippen LogP contribution in [0.5, 0.6) is 5.75 Å². The van der Waals surface area contributed by atoms with E-state index in [1.807, 2.05) is 36.4 Å². The molecule has 0 unspecified atom stereocenters. The third-order valence-corrected chi connectivity index (χ3v) is 4.23. The van der Waals surface area contributed by atoms with E-state index in [9.17, 15) is 4.79 Å². The molecule has 0 radical (unpaired) electrons. The van der Waals surface area contributed by atoms with E-state index in [0.717, 1.165) is 22.6 Å². The molecule has 0 aliphatic carbocycles. The van der Waals surface area contributed by atoms with Gasteiger partial charge in [0.2, 0.25) is 0 Å². The van der Waals surface area contributed by atoms with Crippen LogP contribution < -0.4 is 15.4 Å². The van der Waals surface area contributed by atoms with Crippen molar-refractivity contribution in [3.63, 3.8) is 0 Å². The molecular formula is C22H30N2O2. The summed E-state index contributed by atoms with van der Waals surface area (Å²) in [6.45, 7) is 12.8. The van der Waals surface area contributed by atoms with Crippen molar-refractivity contribution in [2.24, 2.45) is 0 Å². The van der Waals surface area contributed by atoms with Crippen LogP contribution in [0.15, 0.2) is 42.5 Å². The summed E-state index contributed by atoms with van der Waals surface area (Å²) in [5.41, 5.74) is 4.23. The Kier molecular flexibility index (Phi) is 6.30. The SMILES string of the molecule is Cc1ccc(OCNC(=O)Nc2ccccc2C(C)C)c(C(C)(C)C)c1. The lowest BCUT2D eigenvalue weighted by atomic mass is 9.85. The summed E-state index contributed by atoms with van der Waals surface area (Å²) in [6.07, 6.45) is 0. The van der Waals surface area contributed by atoms with E-state index in [0.29, 0.717) is 5.92 Å². The van der Waals surface area contributed by atoms with Crippen molar-refractivity contribution in [2.75, 3.05) is 12.0 Å². The van der Waals surface area contributed by atoms with E-state index in [4.69, 9.17) is 4.74 Å². The van der Waals surface area contributed by atoms with Gasteiger partial charge in [-0.15, -0.1) is 0 Å².